The molecular weight excluding hydrogens is 314 g/mol. The van der Waals surface area contributed by atoms with E-state index in [1.165, 1.54) is 5.56 Å². The summed E-state index contributed by atoms with van der Waals surface area (Å²) in [6.45, 7) is 7.90. The molecule has 1 aliphatic heterocycles. The Morgan fingerprint density at radius 1 is 1.44 bits per heavy atom. The molecule has 1 unspecified atom stereocenters. The van der Waals surface area contributed by atoms with Gasteiger partial charge >= 0.3 is 0 Å². The van der Waals surface area contributed by atoms with E-state index in [-0.39, 0.29) is 11.3 Å². The third-order valence-electron chi connectivity index (χ3n) is 5.43. The van der Waals surface area contributed by atoms with Gasteiger partial charge in [0.2, 0.25) is 5.91 Å². The highest BCUT2D eigenvalue weighted by Gasteiger charge is 2.37. The summed E-state index contributed by atoms with van der Waals surface area (Å²) in [7, 11) is 1.68. The molecule has 1 saturated heterocycles. The number of aromatic nitrogens is 1. The molecule has 1 amide bonds. The van der Waals surface area contributed by atoms with Crippen molar-refractivity contribution in [1.82, 2.24) is 15.2 Å². The van der Waals surface area contributed by atoms with Crippen LogP contribution in [0.25, 0.3) is 10.9 Å². The first kappa shape index (κ1) is 17.8. The van der Waals surface area contributed by atoms with Gasteiger partial charge in [-0.1, -0.05) is 6.92 Å². The molecule has 0 radical (unpaired) electrons. The quantitative estimate of drug-likeness (QED) is 0.848. The molecule has 136 valence electrons. The lowest BCUT2D eigenvalue weighted by Crippen LogP contribution is -2.50. The van der Waals surface area contributed by atoms with Crippen LogP contribution in [-0.2, 0) is 11.2 Å². The van der Waals surface area contributed by atoms with Crippen molar-refractivity contribution < 1.29 is 9.53 Å². The first-order valence-electron chi connectivity index (χ1n) is 9.20. The molecular formula is C20H29N3O2. The molecule has 2 heterocycles. The zero-order valence-corrected chi connectivity index (χ0v) is 15.5. The monoisotopic (exact) mass is 343 g/mol. The Labute approximate surface area is 149 Å². The van der Waals surface area contributed by atoms with Crippen molar-refractivity contribution >= 4 is 16.8 Å². The highest BCUT2D eigenvalue weighted by molar-refractivity contribution is 5.85. The summed E-state index contributed by atoms with van der Waals surface area (Å²) < 4.78 is 5.31. The van der Waals surface area contributed by atoms with Crippen molar-refractivity contribution in [2.45, 2.75) is 33.1 Å². The van der Waals surface area contributed by atoms with Crippen molar-refractivity contribution in [3.8, 4) is 5.75 Å². The minimum absolute atomic E-state index is 0.183. The number of amides is 1. The van der Waals surface area contributed by atoms with Gasteiger partial charge in [0.05, 0.1) is 12.5 Å². The summed E-state index contributed by atoms with van der Waals surface area (Å²) in [5, 5.41) is 4.32. The van der Waals surface area contributed by atoms with Crippen molar-refractivity contribution in [3.63, 3.8) is 0 Å². The smallest absolute Gasteiger partial charge is 0.227 e. The van der Waals surface area contributed by atoms with Crippen molar-refractivity contribution in [3.05, 3.63) is 30.0 Å². The molecule has 1 aliphatic rings. The number of piperidine rings is 1. The lowest BCUT2D eigenvalue weighted by molar-refractivity contribution is -0.133. The number of ether oxygens (including phenoxy) is 1. The molecule has 5 nitrogen and oxygen atoms in total. The number of methoxy groups -OCH3 is 1. The Kier molecular flexibility index (Phi) is 5.33. The molecule has 0 bridgehead atoms. The van der Waals surface area contributed by atoms with Gasteiger partial charge < -0.3 is 19.9 Å². The van der Waals surface area contributed by atoms with Crippen LogP contribution in [0.4, 0.5) is 0 Å². The van der Waals surface area contributed by atoms with Gasteiger partial charge in [0, 0.05) is 30.2 Å². The summed E-state index contributed by atoms with van der Waals surface area (Å²) in [5.41, 5.74) is 2.04. The largest absolute Gasteiger partial charge is 0.497 e. The summed E-state index contributed by atoms with van der Waals surface area (Å²) in [4.78, 5) is 18.4. The number of hydrogen-bond acceptors (Lipinski definition) is 3. The van der Waals surface area contributed by atoms with Crippen molar-refractivity contribution in [2.75, 3.05) is 33.3 Å². The first-order valence-corrected chi connectivity index (χ1v) is 9.20. The molecule has 3 rings (SSSR count). The molecule has 1 atom stereocenters. The lowest BCUT2D eigenvalue weighted by atomic mass is 9.81. The number of carbonyl (C=O) groups excluding carboxylic acids is 1. The number of aromatic amines is 1. The number of fused-ring (bicyclic) bond motifs is 1. The van der Waals surface area contributed by atoms with Crippen LogP contribution < -0.4 is 10.1 Å². The van der Waals surface area contributed by atoms with Gasteiger partial charge in [-0.2, -0.15) is 0 Å². The van der Waals surface area contributed by atoms with E-state index in [4.69, 9.17) is 4.74 Å². The van der Waals surface area contributed by atoms with Crippen LogP contribution in [-0.4, -0.2) is 49.1 Å². The third-order valence-corrected chi connectivity index (χ3v) is 5.43. The highest BCUT2D eigenvalue weighted by Crippen LogP contribution is 2.29. The van der Waals surface area contributed by atoms with E-state index in [9.17, 15) is 4.79 Å². The number of nitrogens with zero attached hydrogens (tertiary/aromatic N) is 1. The molecule has 0 aliphatic carbocycles. The third kappa shape index (κ3) is 3.82. The molecule has 1 aromatic heterocycles. The van der Waals surface area contributed by atoms with Gasteiger partial charge in [-0.15, -0.1) is 0 Å². The van der Waals surface area contributed by atoms with Gasteiger partial charge in [0.25, 0.3) is 0 Å². The normalized spacial score (nSPS) is 21.4. The second-order valence-corrected chi connectivity index (χ2v) is 7.26. The fourth-order valence-corrected chi connectivity index (χ4v) is 3.82. The van der Waals surface area contributed by atoms with Crippen LogP contribution in [0.1, 0.15) is 32.3 Å². The Morgan fingerprint density at radius 3 is 3.04 bits per heavy atom. The van der Waals surface area contributed by atoms with Crippen LogP contribution >= 0.6 is 0 Å². The zero-order chi connectivity index (χ0) is 17.9. The van der Waals surface area contributed by atoms with Gasteiger partial charge in [0.15, 0.2) is 0 Å². The standard InChI is InChI=1S/C20H29N3O2/c1-4-23-11-5-9-20(2,14-23)19(24)21-10-8-15-13-22-18-7-6-16(25-3)12-17(15)18/h6-7,12-13,22H,4-5,8-11,14H2,1-3H3,(H,21,24). The van der Waals surface area contributed by atoms with E-state index in [2.05, 4.69) is 29.0 Å². The summed E-state index contributed by atoms with van der Waals surface area (Å²) >= 11 is 0. The minimum Gasteiger partial charge on any atom is -0.497 e. The van der Waals surface area contributed by atoms with Gasteiger partial charge in [-0.05, 0) is 63.0 Å². The number of rotatable bonds is 6. The summed E-state index contributed by atoms with van der Waals surface area (Å²) in [6.07, 6.45) is 4.91. The van der Waals surface area contributed by atoms with Crippen LogP contribution in [0, 0.1) is 5.41 Å². The molecule has 0 saturated carbocycles. The maximum Gasteiger partial charge on any atom is 0.227 e. The van der Waals surface area contributed by atoms with Crippen LogP contribution in [0.5, 0.6) is 5.75 Å². The number of benzene rings is 1. The van der Waals surface area contributed by atoms with Gasteiger partial charge in [0.1, 0.15) is 5.75 Å². The number of likely N-dealkylation sites (tertiary alicyclic amines) is 1. The Hall–Kier alpha value is -2.01. The molecule has 25 heavy (non-hydrogen) atoms. The van der Waals surface area contributed by atoms with Gasteiger partial charge in [-0.3, -0.25) is 4.79 Å². The Morgan fingerprint density at radius 2 is 2.28 bits per heavy atom. The van der Waals surface area contributed by atoms with Crippen molar-refractivity contribution in [1.29, 1.82) is 0 Å². The fraction of sp³-hybridized carbons (Fsp3) is 0.550. The lowest BCUT2D eigenvalue weighted by Gasteiger charge is -2.38. The molecule has 1 fully saturated rings. The molecule has 1 aromatic carbocycles. The number of carbonyl (C=O) groups is 1. The van der Waals surface area contributed by atoms with Crippen LogP contribution in [0.15, 0.2) is 24.4 Å². The predicted octanol–water partition coefficient (Wildman–Crippen LogP) is 2.96. The van der Waals surface area contributed by atoms with Crippen LogP contribution in [0.2, 0.25) is 0 Å². The van der Waals surface area contributed by atoms with Gasteiger partial charge in [-0.25, -0.2) is 0 Å². The zero-order valence-electron chi connectivity index (χ0n) is 15.5. The minimum atomic E-state index is -0.266. The number of nitrogens with one attached hydrogen (secondary N) is 2. The Balaban J connectivity index is 1.60. The first-order chi connectivity index (χ1) is 12.1. The average molecular weight is 343 g/mol. The maximum atomic E-state index is 12.7. The Bertz CT molecular complexity index is 740. The molecule has 5 heteroatoms. The van der Waals surface area contributed by atoms with E-state index < -0.39 is 0 Å². The average Bonchev–Trinajstić information content (AvgIpc) is 3.03. The van der Waals surface area contributed by atoms with E-state index in [0.29, 0.717) is 6.54 Å². The second-order valence-electron chi connectivity index (χ2n) is 7.26. The maximum absolute atomic E-state index is 12.7. The highest BCUT2D eigenvalue weighted by atomic mass is 16.5. The molecule has 2 aromatic rings. The van der Waals surface area contributed by atoms with Crippen LogP contribution in [0.3, 0.4) is 0 Å². The predicted molar refractivity (Wildman–Crippen MR) is 101 cm³/mol. The SMILES string of the molecule is CCN1CCCC(C)(C(=O)NCCc2c[nH]c3ccc(OC)cc23)C1. The second kappa shape index (κ2) is 7.48. The van der Waals surface area contributed by atoms with Crippen molar-refractivity contribution in [2.24, 2.45) is 5.41 Å². The summed E-state index contributed by atoms with van der Waals surface area (Å²) in [6, 6.07) is 6.02. The number of H-pyrrole nitrogens is 1. The number of hydrogen-bond donors (Lipinski definition) is 2. The summed E-state index contributed by atoms with van der Waals surface area (Å²) in [5.74, 6) is 1.04. The van der Waals surface area contributed by atoms with E-state index in [1.807, 2.05) is 24.4 Å². The van der Waals surface area contributed by atoms with E-state index in [1.54, 1.807) is 7.11 Å². The molecule has 2 N–H and O–H groups in total. The molecule has 0 spiro atoms. The van der Waals surface area contributed by atoms with E-state index in [0.717, 1.165) is 55.5 Å². The topological polar surface area (TPSA) is 57.4 Å². The fourth-order valence-electron chi connectivity index (χ4n) is 3.82. The van der Waals surface area contributed by atoms with E-state index >= 15 is 0 Å².